The van der Waals surface area contributed by atoms with Gasteiger partial charge in [-0.05, 0) is 25.5 Å². The molecule has 2 amide bonds. The summed E-state index contributed by atoms with van der Waals surface area (Å²) in [5, 5.41) is 5.00. The summed E-state index contributed by atoms with van der Waals surface area (Å²) in [7, 11) is 1.16. The third-order valence-electron chi connectivity index (χ3n) is 3.83. The Bertz CT molecular complexity index is 817. The number of para-hydroxylation sites is 1. The molecule has 0 aliphatic rings. The summed E-state index contributed by atoms with van der Waals surface area (Å²) in [6, 6.07) is 5.05. The van der Waals surface area contributed by atoms with Crippen LogP contribution in [0.25, 0.3) is 0 Å². The van der Waals surface area contributed by atoms with Crippen LogP contribution < -0.4 is 10.6 Å². The molecule has 2 N–H and O–H groups in total. The second kappa shape index (κ2) is 12.9. The van der Waals surface area contributed by atoms with Gasteiger partial charge < -0.3 is 20.1 Å². The molecule has 0 radical (unpaired) electrons. The van der Waals surface area contributed by atoms with Gasteiger partial charge in [-0.1, -0.05) is 19.1 Å². The third-order valence-corrected chi connectivity index (χ3v) is 3.83. The zero-order valence-electron chi connectivity index (χ0n) is 17.2. The van der Waals surface area contributed by atoms with Crippen LogP contribution in [0.5, 0.6) is 0 Å². The van der Waals surface area contributed by atoms with Crippen molar-refractivity contribution in [1.82, 2.24) is 5.32 Å². The number of ketones is 1. The molecule has 0 saturated carbocycles. The number of ether oxygens (including phenoxy) is 2. The minimum atomic E-state index is -1.14. The molecule has 0 heterocycles. The molecule has 30 heavy (non-hydrogen) atoms. The Balaban J connectivity index is 2.93. The van der Waals surface area contributed by atoms with Crippen molar-refractivity contribution in [3.63, 3.8) is 0 Å². The average Bonchev–Trinajstić information content (AvgIpc) is 2.72. The lowest BCUT2D eigenvalue weighted by Gasteiger charge is -2.17. The van der Waals surface area contributed by atoms with E-state index in [2.05, 4.69) is 15.4 Å². The van der Waals surface area contributed by atoms with Crippen molar-refractivity contribution in [3.05, 3.63) is 42.0 Å². The van der Waals surface area contributed by atoms with E-state index in [1.807, 2.05) is 6.92 Å². The van der Waals surface area contributed by atoms with E-state index in [0.717, 1.165) is 19.3 Å². The van der Waals surface area contributed by atoms with Crippen molar-refractivity contribution < 1.29 is 33.4 Å². The number of nitrogens with one attached hydrogen (secondary N) is 2. The minimum Gasteiger partial charge on any atom is -0.467 e. The van der Waals surface area contributed by atoms with Gasteiger partial charge in [0.2, 0.25) is 11.8 Å². The standard InChI is InChI=1S/C21H26N2O7/c1-4-8-18(25)23-16(21(28)29-3)13-17(24)14-9-6-7-10-15(14)22-19(26)11-12-20(27)30-5-2/h6-7,9-12,16H,4-5,8,13H2,1-3H3,(H,22,26)(H,23,25)/b12-11+. The molecular weight excluding hydrogens is 392 g/mol. The van der Waals surface area contributed by atoms with E-state index >= 15 is 0 Å². The number of hydrogen-bond donors (Lipinski definition) is 2. The first kappa shape index (κ1) is 24.5. The van der Waals surface area contributed by atoms with Gasteiger partial charge in [-0.3, -0.25) is 14.4 Å². The van der Waals surface area contributed by atoms with Crippen LogP contribution in [-0.2, 0) is 28.7 Å². The largest absolute Gasteiger partial charge is 0.467 e. The van der Waals surface area contributed by atoms with E-state index in [1.54, 1.807) is 19.1 Å². The van der Waals surface area contributed by atoms with Crippen LogP contribution in [0.15, 0.2) is 36.4 Å². The van der Waals surface area contributed by atoms with E-state index in [-0.39, 0.29) is 36.6 Å². The SMILES string of the molecule is CCCC(=O)NC(CC(=O)c1ccccc1NC(=O)/C=C/C(=O)OCC)C(=O)OC. The first-order chi connectivity index (χ1) is 14.3. The van der Waals surface area contributed by atoms with Crippen molar-refractivity contribution in [2.45, 2.75) is 39.2 Å². The van der Waals surface area contributed by atoms with E-state index in [1.165, 1.54) is 12.1 Å². The first-order valence-electron chi connectivity index (χ1n) is 9.47. The molecule has 1 atom stereocenters. The number of carbonyl (C=O) groups is 5. The number of hydrogen-bond acceptors (Lipinski definition) is 7. The fourth-order valence-corrected chi connectivity index (χ4v) is 2.47. The summed E-state index contributed by atoms with van der Waals surface area (Å²) in [6.45, 7) is 3.63. The Kier molecular flexibility index (Phi) is 10.5. The highest BCUT2D eigenvalue weighted by Crippen LogP contribution is 2.18. The number of rotatable bonds is 11. The van der Waals surface area contributed by atoms with Crippen LogP contribution >= 0.6 is 0 Å². The molecule has 0 fully saturated rings. The Hall–Kier alpha value is -3.49. The summed E-state index contributed by atoms with van der Waals surface area (Å²) in [5.74, 6) is -2.89. The predicted molar refractivity (Wildman–Crippen MR) is 109 cm³/mol. The summed E-state index contributed by atoms with van der Waals surface area (Å²) in [4.78, 5) is 59.9. The molecule has 0 bridgehead atoms. The highest BCUT2D eigenvalue weighted by molar-refractivity contribution is 6.09. The van der Waals surface area contributed by atoms with E-state index in [9.17, 15) is 24.0 Å². The third kappa shape index (κ3) is 8.26. The van der Waals surface area contributed by atoms with Crippen molar-refractivity contribution >= 4 is 35.2 Å². The summed E-state index contributed by atoms with van der Waals surface area (Å²) >= 11 is 0. The fraction of sp³-hybridized carbons (Fsp3) is 0.381. The molecule has 0 aliphatic carbocycles. The van der Waals surface area contributed by atoms with Gasteiger partial charge in [0.25, 0.3) is 0 Å². The van der Waals surface area contributed by atoms with Gasteiger partial charge in [-0.15, -0.1) is 0 Å². The maximum absolute atomic E-state index is 12.8. The lowest BCUT2D eigenvalue weighted by molar-refractivity contribution is -0.145. The molecule has 0 saturated heterocycles. The normalized spacial score (nSPS) is 11.4. The van der Waals surface area contributed by atoms with Gasteiger partial charge in [0.15, 0.2) is 5.78 Å². The zero-order chi connectivity index (χ0) is 22.5. The molecule has 1 aromatic rings. The number of anilines is 1. The van der Waals surface area contributed by atoms with Crippen LogP contribution in [0.3, 0.4) is 0 Å². The summed E-state index contributed by atoms with van der Waals surface area (Å²) < 4.78 is 9.36. The molecule has 0 aliphatic heterocycles. The van der Waals surface area contributed by atoms with Gasteiger partial charge in [0, 0.05) is 30.6 Å². The van der Waals surface area contributed by atoms with Gasteiger partial charge in [0.05, 0.1) is 19.4 Å². The van der Waals surface area contributed by atoms with Gasteiger partial charge in [-0.25, -0.2) is 9.59 Å². The number of Topliss-reactive ketones (excluding diaryl/α,β-unsaturated/α-hetero) is 1. The van der Waals surface area contributed by atoms with E-state index in [0.29, 0.717) is 6.42 Å². The summed E-state index contributed by atoms with van der Waals surface area (Å²) in [6.07, 6.45) is 2.41. The lowest BCUT2D eigenvalue weighted by atomic mass is 10.0. The predicted octanol–water partition coefficient (Wildman–Crippen LogP) is 1.78. The molecule has 1 unspecified atom stereocenters. The highest BCUT2D eigenvalue weighted by atomic mass is 16.5. The molecule has 1 aromatic carbocycles. The Morgan fingerprint density at radius 3 is 2.40 bits per heavy atom. The van der Waals surface area contributed by atoms with Gasteiger partial charge in [0.1, 0.15) is 6.04 Å². The number of esters is 2. The Morgan fingerprint density at radius 2 is 1.77 bits per heavy atom. The maximum Gasteiger partial charge on any atom is 0.330 e. The van der Waals surface area contributed by atoms with Crippen molar-refractivity contribution in [2.24, 2.45) is 0 Å². The van der Waals surface area contributed by atoms with E-state index in [4.69, 9.17) is 4.74 Å². The van der Waals surface area contributed by atoms with Crippen LogP contribution in [0, 0.1) is 0 Å². The topological polar surface area (TPSA) is 128 Å². The minimum absolute atomic E-state index is 0.147. The monoisotopic (exact) mass is 418 g/mol. The van der Waals surface area contributed by atoms with Gasteiger partial charge >= 0.3 is 11.9 Å². The fourth-order valence-electron chi connectivity index (χ4n) is 2.47. The van der Waals surface area contributed by atoms with Crippen molar-refractivity contribution in [1.29, 1.82) is 0 Å². The average molecular weight is 418 g/mol. The maximum atomic E-state index is 12.8. The molecule has 0 spiro atoms. The number of benzene rings is 1. The smallest absolute Gasteiger partial charge is 0.330 e. The van der Waals surface area contributed by atoms with Crippen LogP contribution in [0.2, 0.25) is 0 Å². The number of carbonyl (C=O) groups excluding carboxylic acids is 5. The van der Waals surface area contributed by atoms with Crippen LogP contribution in [-0.4, -0.2) is 49.3 Å². The van der Waals surface area contributed by atoms with Crippen molar-refractivity contribution in [2.75, 3.05) is 19.0 Å². The Morgan fingerprint density at radius 1 is 1.07 bits per heavy atom. The second-order valence-corrected chi connectivity index (χ2v) is 6.14. The molecule has 9 heteroatoms. The molecule has 162 valence electrons. The summed E-state index contributed by atoms with van der Waals surface area (Å²) in [5.41, 5.74) is 0.346. The second-order valence-electron chi connectivity index (χ2n) is 6.14. The lowest BCUT2D eigenvalue weighted by Crippen LogP contribution is -2.42. The van der Waals surface area contributed by atoms with Crippen LogP contribution in [0.1, 0.15) is 43.5 Å². The Labute approximate surface area is 174 Å². The highest BCUT2D eigenvalue weighted by Gasteiger charge is 2.26. The molecule has 1 rings (SSSR count). The van der Waals surface area contributed by atoms with E-state index < -0.39 is 29.7 Å². The first-order valence-corrected chi connectivity index (χ1v) is 9.47. The quantitative estimate of drug-likeness (QED) is 0.318. The number of methoxy groups -OCH3 is 1. The number of amides is 2. The van der Waals surface area contributed by atoms with Gasteiger partial charge in [-0.2, -0.15) is 0 Å². The molecule has 9 nitrogen and oxygen atoms in total. The van der Waals surface area contributed by atoms with Crippen LogP contribution in [0.4, 0.5) is 5.69 Å². The zero-order valence-corrected chi connectivity index (χ0v) is 17.2. The van der Waals surface area contributed by atoms with Crippen molar-refractivity contribution in [3.8, 4) is 0 Å². The molecule has 0 aromatic heterocycles. The molecular formula is C21H26N2O7.